The minimum Gasteiger partial charge on any atom is -0.467 e. The van der Waals surface area contributed by atoms with Gasteiger partial charge in [0.25, 0.3) is 0 Å². The molecule has 0 aliphatic carbocycles. The summed E-state index contributed by atoms with van der Waals surface area (Å²) in [6, 6.07) is 6.94. The van der Waals surface area contributed by atoms with Gasteiger partial charge in [0.05, 0.1) is 13.0 Å². The standard InChI is InChI=1S/C19H26N2O4/c1-5-13(3)17(19(24)25-4)20-18(23)14-10-16(22)21(11-14)15-8-6-12(2)7-9-15/h6-9,13-14,17H,5,10-11H2,1-4H3,(H,20,23). The van der Waals surface area contributed by atoms with Gasteiger partial charge in [-0.3, -0.25) is 9.59 Å². The molecule has 1 heterocycles. The van der Waals surface area contributed by atoms with Crippen LogP contribution in [-0.2, 0) is 19.1 Å². The van der Waals surface area contributed by atoms with Gasteiger partial charge in [-0.05, 0) is 25.0 Å². The van der Waals surface area contributed by atoms with E-state index in [0.29, 0.717) is 6.54 Å². The Kier molecular flexibility index (Phi) is 6.17. The predicted octanol–water partition coefficient (Wildman–Crippen LogP) is 2.05. The van der Waals surface area contributed by atoms with Crippen LogP contribution in [0.5, 0.6) is 0 Å². The summed E-state index contributed by atoms with van der Waals surface area (Å²) in [4.78, 5) is 38.4. The minimum atomic E-state index is -0.689. The van der Waals surface area contributed by atoms with Gasteiger partial charge in [0.2, 0.25) is 11.8 Å². The first kappa shape index (κ1) is 19.0. The van der Waals surface area contributed by atoms with E-state index in [9.17, 15) is 14.4 Å². The van der Waals surface area contributed by atoms with Gasteiger partial charge >= 0.3 is 5.97 Å². The molecule has 1 saturated heterocycles. The van der Waals surface area contributed by atoms with Crippen LogP contribution in [0.4, 0.5) is 5.69 Å². The van der Waals surface area contributed by atoms with E-state index in [-0.39, 0.29) is 24.2 Å². The van der Waals surface area contributed by atoms with E-state index >= 15 is 0 Å². The summed E-state index contributed by atoms with van der Waals surface area (Å²) in [5, 5.41) is 2.77. The van der Waals surface area contributed by atoms with Gasteiger partial charge in [-0.1, -0.05) is 38.0 Å². The number of amides is 2. The third-order valence-corrected chi connectivity index (χ3v) is 4.81. The Bertz CT molecular complexity index is 641. The number of benzene rings is 1. The molecule has 3 atom stereocenters. The molecular weight excluding hydrogens is 320 g/mol. The van der Waals surface area contributed by atoms with Gasteiger partial charge in [0, 0.05) is 18.7 Å². The number of nitrogens with zero attached hydrogens (tertiary/aromatic N) is 1. The van der Waals surface area contributed by atoms with E-state index in [1.165, 1.54) is 7.11 Å². The van der Waals surface area contributed by atoms with Crippen LogP contribution in [0.2, 0.25) is 0 Å². The molecule has 0 spiro atoms. The lowest BCUT2D eigenvalue weighted by Crippen LogP contribution is -2.48. The predicted molar refractivity (Wildman–Crippen MR) is 95.0 cm³/mol. The SMILES string of the molecule is CCC(C)C(NC(=O)C1CC(=O)N(c2ccc(C)cc2)C1)C(=O)OC. The molecular formula is C19H26N2O4. The monoisotopic (exact) mass is 346 g/mol. The van der Waals surface area contributed by atoms with Crippen molar-refractivity contribution in [3.8, 4) is 0 Å². The number of aryl methyl sites for hydroxylation is 1. The first-order chi connectivity index (χ1) is 11.9. The van der Waals surface area contributed by atoms with Crippen LogP contribution in [0, 0.1) is 18.8 Å². The first-order valence-corrected chi connectivity index (χ1v) is 8.62. The van der Waals surface area contributed by atoms with Crippen LogP contribution < -0.4 is 10.2 Å². The zero-order chi connectivity index (χ0) is 18.6. The third-order valence-electron chi connectivity index (χ3n) is 4.81. The molecule has 6 nitrogen and oxygen atoms in total. The van der Waals surface area contributed by atoms with Crippen molar-refractivity contribution in [2.45, 2.75) is 39.7 Å². The van der Waals surface area contributed by atoms with Crippen molar-refractivity contribution in [2.24, 2.45) is 11.8 Å². The van der Waals surface area contributed by atoms with Gasteiger partial charge in [-0.25, -0.2) is 4.79 Å². The smallest absolute Gasteiger partial charge is 0.328 e. The Morgan fingerprint density at radius 1 is 1.32 bits per heavy atom. The van der Waals surface area contributed by atoms with E-state index in [0.717, 1.165) is 17.7 Å². The number of anilines is 1. The largest absolute Gasteiger partial charge is 0.467 e. The van der Waals surface area contributed by atoms with E-state index < -0.39 is 17.9 Å². The van der Waals surface area contributed by atoms with Gasteiger partial charge in [0.15, 0.2) is 0 Å². The first-order valence-electron chi connectivity index (χ1n) is 8.62. The summed E-state index contributed by atoms with van der Waals surface area (Å²) < 4.78 is 4.79. The molecule has 1 aliphatic rings. The van der Waals surface area contributed by atoms with Crippen LogP contribution in [0.25, 0.3) is 0 Å². The highest BCUT2D eigenvalue weighted by molar-refractivity contribution is 6.00. The lowest BCUT2D eigenvalue weighted by molar-refractivity contribution is -0.147. The molecule has 1 aromatic carbocycles. The molecule has 3 unspecified atom stereocenters. The number of hydrogen-bond donors (Lipinski definition) is 1. The highest BCUT2D eigenvalue weighted by Crippen LogP contribution is 2.26. The van der Waals surface area contributed by atoms with Crippen molar-refractivity contribution in [1.29, 1.82) is 0 Å². The highest BCUT2D eigenvalue weighted by Gasteiger charge is 2.37. The van der Waals surface area contributed by atoms with Crippen LogP contribution in [0.3, 0.4) is 0 Å². The quantitative estimate of drug-likeness (QED) is 0.800. The van der Waals surface area contributed by atoms with Crippen LogP contribution in [0.1, 0.15) is 32.3 Å². The fourth-order valence-electron chi connectivity index (χ4n) is 2.92. The number of carbonyl (C=O) groups is 3. The summed E-state index contributed by atoms with van der Waals surface area (Å²) in [6.07, 6.45) is 0.882. The second-order valence-corrected chi connectivity index (χ2v) is 6.64. The Labute approximate surface area is 148 Å². The van der Waals surface area contributed by atoms with E-state index in [2.05, 4.69) is 5.32 Å². The normalized spacial score (nSPS) is 19.4. The number of methoxy groups -OCH3 is 1. The number of nitrogens with one attached hydrogen (secondary N) is 1. The fourth-order valence-corrected chi connectivity index (χ4v) is 2.92. The van der Waals surface area contributed by atoms with Crippen LogP contribution in [-0.4, -0.2) is 37.5 Å². The topological polar surface area (TPSA) is 75.7 Å². The fraction of sp³-hybridized carbons (Fsp3) is 0.526. The molecule has 1 aromatic rings. The Morgan fingerprint density at radius 3 is 2.52 bits per heavy atom. The minimum absolute atomic E-state index is 0.0401. The highest BCUT2D eigenvalue weighted by atomic mass is 16.5. The molecule has 0 aromatic heterocycles. The summed E-state index contributed by atoms with van der Waals surface area (Å²) >= 11 is 0. The van der Waals surface area contributed by atoms with Crippen molar-refractivity contribution in [3.63, 3.8) is 0 Å². The second kappa shape index (κ2) is 8.14. The van der Waals surface area contributed by atoms with Gasteiger partial charge in [-0.2, -0.15) is 0 Å². The van der Waals surface area contributed by atoms with E-state index in [4.69, 9.17) is 4.74 Å². The number of ether oxygens (including phenoxy) is 1. The lowest BCUT2D eigenvalue weighted by atomic mass is 9.98. The molecule has 0 radical (unpaired) electrons. The lowest BCUT2D eigenvalue weighted by Gasteiger charge is -2.23. The summed E-state index contributed by atoms with van der Waals surface area (Å²) in [5.74, 6) is -1.32. The molecule has 136 valence electrons. The zero-order valence-electron chi connectivity index (χ0n) is 15.2. The molecule has 25 heavy (non-hydrogen) atoms. The van der Waals surface area contributed by atoms with Crippen molar-refractivity contribution in [2.75, 3.05) is 18.6 Å². The molecule has 1 aliphatic heterocycles. The summed E-state index contributed by atoms with van der Waals surface area (Å²) in [7, 11) is 1.31. The number of rotatable bonds is 6. The van der Waals surface area contributed by atoms with Gasteiger partial charge in [0.1, 0.15) is 6.04 Å². The molecule has 6 heteroatoms. The average Bonchev–Trinajstić information content (AvgIpc) is 3.00. The molecule has 1 fully saturated rings. The van der Waals surface area contributed by atoms with Crippen LogP contribution >= 0.6 is 0 Å². The Hall–Kier alpha value is -2.37. The summed E-state index contributed by atoms with van der Waals surface area (Å²) in [6.45, 7) is 6.14. The maximum atomic E-state index is 12.6. The maximum Gasteiger partial charge on any atom is 0.328 e. The molecule has 0 bridgehead atoms. The van der Waals surface area contributed by atoms with Crippen molar-refractivity contribution < 1.29 is 19.1 Å². The Morgan fingerprint density at radius 2 is 1.96 bits per heavy atom. The molecule has 2 rings (SSSR count). The number of hydrogen-bond acceptors (Lipinski definition) is 4. The molecule has 2 amide bonds. The molecule has 1 N–H and O–H groups in total. The number of esters is 1. The van der Waals surface area contributed by atoms with Crippen molar-refractivity contribution in [3.05, 3.63) is 29.8 Å². The number of carbonyl (C=O) groups excluding carboxylic acids is 3. The van der Waals surface area contributed by atoms with Crippen LogP contribution in [0.15, 0.2) is 24.3 Å². The van der Waals surface area contributed by atoms with Gasteiger partial charge < -0.3 is 15.0 Å². The van der Waals surface area contributed by atoms with Gasteiger partial charge in [-0.15, -0.1) is 0 Å². The average molecular weight is 346 g/mol. The summed E-state index contributed by atoms with van der Waals surface area (Å²) in [5.41, 5.74) is 1.90. The second-order valence-electron chi connectivity index (χ2n) is 6.64. The van der Waals surface area contributed by atoms with E-state index in [1.54, 1.807) is 4.90 Å². The zero-order valence-corrected chi connectivity index (χ0v) is 15.2. The van der Waals surface area contributed by atoms with E-state index in [1.807, 2.05) is 45.0 Å². The van der Waals surface area contributed by atoms with Crippen molar-refractivity contribution in [1.82, 2.24) is 5.32 Å². The van der Waals surface area contributed by atoms with Crippen molar-refractivity contribution >= 4 is 23.5 Å². The maximum absolute atomic E-state index is 12.6. The molecule has 0 saturated carbocycles. The Balaban J connectivity index is 2.06. The third kappa shape index (κ3) is 4.38.